The van der Waals surface area contributed by atoms with Crippen LogP contribution in [-0.2, 0) is 49.6 Å². The molecule has 22 nitrogen and oxygen atoms in total. The van der Waals surface area contributed by atoms with Crippen molar-refractivity contribution in [1.82, 2.24) is 36.8 Å². The van der Waals surface area contributed by atoms with Crippen LogP contribution in [0.4, 0.5) is 0 Å². The van der Waals surface area contributed by atoms with Crippen molar-refractivity contribution in [1.29, 1.82) is 0 Å². The van der Waals surface area contributed by atoms with Gasteiger partial charge in [-0.05, 0) is 61.8 Å². The molecule has 1 aliphatic rings. The lowest BCUT2D eigenvalue weighted by molar-refractivity contribution is -0.143. The summed E-state index contributed by atoms with van der Waals surface area (Å²) in [6.07, 6.45) is 1.10. The molecule has 1 aliphatic heterocycles. The maximum Gasteiger partial charge on any atom is 0.326 e. The highest BCUT2D eigenvalue weighted by Gasteiger charge is 2.40. The van der Waals surface area contributed by atoms with Crippen LogP contribution in [0.1, 0.15) is 98.5 Å². The Labute approximate surface area is 385 Å². The van der Waals surface area contributed by atoms with E-state index in [1.807, 2.05) is 20.8 Å². The first-order valence-electron chi connectivity index (χ1n) is 22.4. The van der Waals surface area contributed by atoms with E-state index in [0.29, 0.717) is 18.4 Å². The molecule has 66 heavy (non-hydrogen) atoms. The van der Waals surface area contributed by atoms with E-state index in [0.717, 1.165) is 0 Å². The monoisotopic (exact) mass is 930 g/mol. The second kappa shape index (κ2) is 27.9. The summed E-state index contributed by atoms with van der Waals surface area (Å²) in [4.78, 5) is 123. The Morgan fingerprint density at radius 1 is 0.788 bits per heavy atom. The number of carboxylic acid groups (broad SMARTS) is 2. The highest BCUT2D eigenvalue weighted by Crippen LogP contribution is 2.22. The number of aliphatic carboxylic acids is 2. The molecule has 0 unspecified atom stereocenters. The van der Waals surface area contributed by atoms with Gasteiger partial charge in [-0.3, -0.25) is 43.3 Å². The molecule has 1 fully saturated rings. The highest BCUT2D eigenvalue weighted by atomic mass is 16.4. The van der Waals surface area contributed by atoms with Crippen molar-refractivity contribution < 1.29 is 53.4 Å². The average Bonchev–Trinajstić information content (AvgIpc) is 3.76. The van der Waals surface area contributed by atoms with Crippen molar-refractivity contribution in [3.8, 4) is 0 Å². The quantitative estimate of drug-likeness (QED) is 0.0268. The van der Waals surface area contributed by atoms with E-state index in [9.17, 15) is 48.3 Å². The third-order valence-corrected chi connectivity index (χ3v) is 11.1. The summed E-state index contributed by atoms with van der Waals surface area (Å²) in [6, 6.07) is 0.544. The minimum absolute atomic E-state index is 0.0114. The molecule has 0 saturated carbocycles. The third-order valence-electron chi connectivity index (χ3n) is 11.1. The standard InChI is InChI=1S/C44H71N11O11/c1-7-26(6)36(54-37(59)28(45)17-18-34(57)58)42(64)55-20-12-16-32(55)40(62)49-23-33(56)53-35(25(4)5)41(63)51-30(21-24(2)3)39(61)50-29(15-11-19-48-44(46)47)38(60)52-31(43(65)66)22-27-13-9-8-10-14-27/h8-10,13-14,24-26,28-32,35-36H,7,11-12,15-23,45H2,1-6H3,(H,49,62)(H,50,61)(H,51,63)(H,52,60)(H,53,56)(H,54,59)(H,57,58)(H,65,66)(H4,46,47,48)/t26-,28-,29-,30-,31-,32-,35-,36-/m0/s1. The zero-order chi connectivity index (χ0) is 49.7. The number of aliphatic imine (C=N–C) groups is 1. The molecule has 0 aromatic heterocycles. The molecule has 1 aromatic rings. The number of likely N-dealkylation sites (tertiary alicyclic amines) is 1. The number of carboxylic acids is 2. The number of carbonyl (C=O) groups is 9. The summed E-state index contributed by atoms with van der Waals surface area (Å²) >= 11 is 0. The van der Waals surface area contributed by atoms with Gasteiger partial charge in [0.25, 0.3) is 0 Å². The lowest BCUT2D eigenvalue weighted by Crippen LogP contribution is -2.59. The number of hydrogen-bond acceptors (Lipinski definition) is 11. The number of nitrogens with zero attached hydrogens (tertiary/aromatic N) is 2. The molecule has 7 amide bonds. The SMILES string of the molecule is CC[C@H](C)[C@H](NC(=O)[C@@H](N)CCC(=O)O)C(=O)N1CCC[C@H]1C(=O)NCC(=O)N[C@H](C(=O)N[C@@H](CC(C)C)C(=O)N[C@@H](CCCN=C(N)N)C(=O)N[C@@H](Cc1ccccc1)C(=O)O)C(C)C. The van der Waals surface area contributed by atoms with Crippen LogP contribution in [0.3, 0.4) is 0 Å². The number of carbonyl (C=O) groups excluding carboxylic acids is 7. The number of hydrogen-bond donors (Lipinski definition) is 11. The van der Waals surface area contributed by atoms with E-state index in [-0.39, 0.29) is 75.8 Å². The lowest BCUT2D eigenvalue weighted by atomic mass is 9.96. The normalized spacial score (nSPS) is 16.6. The van der Waals surface area contributed by atoms with Gasteiger partial charge in [-0.2, -0.15) is 0 Å². The first kappa shape index (κ1) is 55.8. The van der Waals surface area contributed by atoms with Crippen molar-refractivity contribution in [2.45, 2.75) is 142 Å². The maximum atomic E-state index is 13.9. The van der Waals surface area contributed by atoms with Gasteiger partial charge in [0.05, 0.1) is 12.6 Å². The van der Waals surface area contributed by atoms with Gasteiger partial charge < -0.3 is 64.2 Å². The van der Waals surface area contributed by atoms with Gasteiger partial charge in [0.1, 0.15) is 36.3 Å². The number of guanidine groups is 1. The second-order valence-electron chi connectivity index (χ2n) is 17.4. The smallest absolute Gasteiger partial charge is 0.326 e. The van der Waals surface area contributed by atoms with E-state index < -0.39 is 108 Å². The van der Waals surface area contributed by atoms with E-state index in [1.54, 1.807) is 51.1 Å². The Hall–Kier alpha value is -6.32. The van der Waals surface area contributed by atoms with Crippen LogP contribution in [0.5, 0.6) is 0 Å². The number of rotatable bonds is 28. The van der Waals surface area contributed by atoms with Crippen molar-refractivity contribution >= 4 is 59.2 Å². The van der Waals surface area contributed by atoms with E-state index in [4.69, 9.17) is 22.3 Å². The van der Waals surface area contributed by atoms with Crippen LogP contribution in [0.15, 0.2) is 35.3 Å². The molecule has 1 saturated heterocycles. The van der Waals surface area contributed by atoms with Crippen molar-refractivity contribution in [3.63, 3.8) is 0 Å². The fraction of sp³-hybridized carbons (Fsp3) is 0.636. The molecule has 22 heteroatoms. The largest absolute Gasteiger partial charge is 0.481 e. The van der Waals surface area contributed by atoms with Crippen molar-refractivity contribution in [3.05, 3.63) is 35.9 Å². The van der Waals surface area contributed by atoms with Gasteiger partial charge in [0, 0.05) is 25.9 Å². The van der Waals surface area contributed by atoms with Gasteiger partial charge in [-0.15, -0.1) is 0 Å². The summed E-state index contributed by atoms with van der Waals surface area (Å²) in [7, 11) is 0. The first-order chi connectivity index (χ1) is 31.0. The van der Waals surface area contributed by atoms with E-state index in [1.165, 1.54) is 4.90 Å². The Kier molecular flexibility index (Phi) is 23.6. The van der Waals surface area contributed by atoms with E-state index in [2.05, 4.69) is 36.9 Å². The second-order valence-corrected chi connectivity index (χ2v) is 17.4. The molecule has 0 radical (unpaired) electrons. The zero-order valence-electron chi connectivity index (χ0n) is 38.8. The zero-order valence-corrected chi connectivity index (χ0v) is 38.8. The minimum Gasteiger partial charge on any atom is -0.481 e. The number of nitrogens with one attached hydrogen (secondary N) is 6. The molecular weight excluding hydrogens is 859 g/mol. The van der Waals surface area contributed by atoms with Crippen LogP contribution < -0.4 is 49.1 Å². The van der Waals surface area contributed by atoms with Crippen LogP contribution >= 0.6 is 0 Å². The summed E-state index contributed by atoms with van der Waals surface area (Å²) in [6.45, 7) is 10.3. The fourth-order valence-corrected chi connectivity index (χ4v) is 7.21. The number of amides is 7. The first-order valence-corrected chi connectivity index (χ1v) is 22.4. The molecule has 8 atom stereocenters. The molecule has 368 valence electrons. The summed E-state index contributed by atoms with van der Waals surface area (Å²) in [5, 5.41) is 34.6. The number of benzene rings is 1. The van der Waals surface area contributed by atoms with Crippen molar-refractivity contribution in [2.24, 2.45) is 39.9 Å². The van der Waals surface area contributed by atoms with Crippen LogP contribution in [0, 0.1) is 17.8 Å². The molecule has 1 heterocycles. The van der Waals surface area contributed by atoms with Gasteiger partial charge >= 0.3 is 11.9 Å². The van der Waals surface area contributed by atoms with Crippen LogP contribution in [-0.4, -0.2) is 136 Å². The Balaban J connectivity index is 2.17. The number of nitrogens with two attached hydrogens (primary N) is 3. The highest BCUT2D eigenvalue weighted by molar-refractivity contribution is 5.97. The predicted octanol–water partition coefficient (Wildman–Crippen LogP) is -1.16. The molecule has 2 rings (SSSR count). The van der Waals surface area contributed by atoms with Gasteiger partial charge in [-0.25, -0.2) is 4.79 Å². The summed E-state index contributed by atoms with van der Waals surface area (Å²) < 4.78 is 0. The average molecular weight is 930 g/mol. The van der Waals surface area contributed by atoms with Crippen molar-refractivity contribution in [2.75, 3.05) is 19.6 Å². The topological polar surface area (TPSA) is 360 Å². The van der Waals surface area contributed by atoms with Gasteiger partial charge in [-0.1, -0.05) is 78.3 Å². The Bertz CT molecular complexity index is 1860. The molecule has 1 aromatic carbocycles. The predicted molar refractivity (Wildman–Crippen MR) is 244 cm³/mol. The van der Waals surface area contributed by atoms with Gasteiger partial charge in [0.2, 0.25) is 41.4 Å². The Morgan fingerprint density at radius 3 is 1.98 bits per heavy atom. The van der Waals surface area contributed by atoms with E-state index >= 15 is 0 Å². The fourth-order valence-electron chi connectivity index (χ4n) is 7.21. The maximum absolute atomic E-state index is 13.9. The van der Waals surface area contributed by atoms with Crippen LogP contribution in [0.25, 0.3) is 0 Å². The van der Waals surface area contributed by atoms with Gasteiger partial charge in [0.15, 0.2) is 5.96 Å². The molecule has 0 aliphatic carbocycles. The lowest BCUT2D eigenvalue weighted by Gasteiger charge is -2.32. The Morgan fingerprint density at radius 2 is 1.41 bits per heavy atom. The third kappa shape index (κ3) is 19.0. The minimum atomic E-state index is -1.33. The molecule has 14 N–H and O–H groups in total. The molecular formula is C44H71N11O11. The summed E-state index contributed by atoms with van der Waals surface area (Å²) in [5.41, 5.74) is 17.4. The molecule has 0 spiro atoms. The summed E-state index contributed by atoms with van der Waals surface area (Å²) in [5.74, 6) is -8.41. The van der Waals surface area contributed by atoms with Crippen LogP contribution in [0.2, 0.25) is 0 Å². The molecule has 0 bridgehead atoms.